The smallest absolute Gasteiger partial charge is 0.407 e. The monoisotopic (exact) mass is 562 g/mol. The fourth-order valence-corrected chi connectivity index (χ4v) is 4.51. The fourth-order valence-electron chi connectivity index (χ4n) is 4.51. The summed E-state index contributed by atoms with van der Waals surface area (Å²) in [4.78, 5) is 28.9. The molecule has 0 unspecified atom stereocenters. The largest absolute Gasteiger partial charge is 0.462 e. The summed E-state index contributed by atoms with van der Waals surface area (Å²) in [6.07, 6.45) is 10.5. The van der Waals surface area contributed by atoms with Gasteiger partial charge in [-0.1, -0.05) is 56.7 Å². The topological polar surface area (TPSA) is 102 Å². The summed E-state index contributed by atoms with van der Waals surface area (Å²) in [5.41, 5.74) is 3.36. The van der Waals surface area contributed by atoms with Crippen molar-refractivity contribution >= 4 is 40.0 Å². The van der Waals surface area contributed by atoms with Crippen LogP contribution in [0.2, 0.25) is 0 Å². The van der Waals surface area contributed by atoms with Crippen molar-refractivity contribution in [2.45, 2.75) is 84.7 Å². The van der Waals surface area contributed by atoms with E-state index >= 15 is 0 Å². The van der Waals surface area contributed by atoms with Gasteiger partial charge in [-0.15, -0.1) is 0 Å². The lowest BCUT2D eigenvalue weighted by molar-refractivity contribution is 0.0516. The van der Waals surface area contributed by atoms with E-state index in [-0.39, 0.29) is 6.09 Å². The minimum Gasteiger partial charge on any atom is -0.462 e. The molecule has 41 heavy (non-hydrogen) atoms. The highest BCUT2D eigenvalue weighted by Gasteiger charge is 2.18. The number of unbranched alkanes of at least 4 members (excludes halogenated alkanes) is 7. The molecule has 0 aliphatic heterocycles. The predicted octanol–water partition coefficient (Wildman–Crippen LogP) is 8.21. The van der Waals surface area contributed by atoms with E-state index in [2.05, 4.69) is 20.9 Å². The first kappa shape index (κ1) is 31.7. The normalized spacial score (nSPS) is 11.2. The third kappa shape index (κ3) is 11.3. The summed E-state index contributed by atoms with van der Waals surface area (Å²) in [6.45, 7) is 9.26. The Labute approximate surface area is 244 Å². The van der Waals surface area contributed by atoms with E-state index in [9.17, 15) is 9.59 Å². The molecule has 1 aromatic heterocycles. The van der Waals surface area contributed by atoms with Crippen molar-refractivity contribution in [1.82, 2.24) is 10.3 Å². The Morgan fingerprint density at radius 2 is 1.49 bits per heavy atom. The Balaban J connectivity index is 1.41. The van der Waals surface area contributed by atoms with Gasteiger partial charge in [0.15, 0.2) is 0 Å². The van der Waals surface area contributed by atoms with Gasteiger partial charge < -0.3 is 25.4 Å². The zero-order valence-electron chi connectivity index (χ0n) is 25.1. The number of rotatable bonds is 16. The number of ether oxygens (including phenoxy) is 2. The molecule has 0 atom stereocenters. The van der Waals surface area contributed by atoms with E-state index < -0.39 is 11.6 Å². The predicted molar refractivity (Wildman–Crippen MR) is 167 cm³/mol. The average molecular weight is 563 g/mol. The van der Waals surface area contributed by atoms with Gasteiger partial charge in [-0.2, -0.15) is 0 Å². The molecule has 3 rings (SSSR count). The summed E-state index contributed by atoms with van der Waals surface area (Å²) >= 11 is 0. The molecular formula is C33H46N4O4. The molecule has 8 heteroatoms. The van der Waals surface area contributed by atoms with Crippen molar-refractivity contribution in [3.63, 3.8) is 0 Å². The Hall–Kier alpha value is -3.81. The van der Waals surface area contributed by atoms with Gasteiger partial charge in [-0.25, -0.2) is 9.59 Å². The van der Waals surface area contributed by atoms with Gasteiger partial charge in [0.25, 0.3) is 0 Å². The summed E-state index contributed by atoms with van der Waals surface area (Å²) in [5.74, 6) is -0.392. The first-order chi connectivity index (χ1) is 19.8. The third-order valence-corrected chi connectivity index (χ3v) is 6.51. The number of hydrogen-bond donors (Lipinski definition) is 3. The van der Waals surface area contributed by atoms with Crippen LogP contribution in [0.3, 0.4) is 0 Å². The number of nitrogens with one attached hydrogen (secondary N) is 3. The molecule has 0 bridgehead atoms. The first-order valence-corrected chi connectivity index (χ1v) is 14.9. The van der Waals surface area contributed by atoms with Crippen molar-refractivity contribution in [1.29, 1.82) is 0 Å². The maximum Gasteiger partial charge on any atom is 0.407 e. The number of fused-ring (bicyclic) bond motifs is 1. The standard InChI is InChI=1S/C33H46N4O4/c1-5-40-31(38)28-24-36-29-20-19-26(23-27(29)30(28)37-25-17-13-12-14-18-25)34-21-15-10-8-6-7-9-11-16-22-35-32(39)41-33(2,3)4/h12-14,17-20,23-24,34H,5-11,15-16,21-22H2,1-4H3,(H,35,39)(H,36,37). The summed E-state index contributed by atoms with van der Waals surface area (Å²) < 4.78 is 10.5. The molecule has 2 aromatic carbocycles. The highest BCUT2D eigenvalue weighted by atomic mass is 16.6. The van der Waals surface area contributed by atoms with Crippen LogP contribution in [0.1, 0.15) is 89.4 Å². The Bertz CT molecular complexity index is 1240. The maximum atomic E-state index is 12.7. The van der Waals surface area contributed by atoms with E-state index in [1.54, 1.807) is 13.1 Å². The van der Waals surface area contributed by atoms with E-state index in [4.69, 9.17) is 9.47 Å². The Morgan fingerprint density at radius 1 is 0.829 bits per heavy atom. The molecule has 0 saturated heterocycles. The molecular weight excluding hydrogens is 516 g/mol. The molecule has 0 fully saturated rings. The lowest BCUT2D eigenvalue weighted by atomic mass is 10.1. The fraction of sp³-hybridized carbons (Fsp3) is 0.485. The summed E-state index contributed by atoms with van der Waals surface area (Å²) in [7, 11) is 0. The minimum absolute atomic E-state index is 0.302. The molecule has 0 aliphatic carbocycles. The van der Waals surface area contributed by atoms with Gasteiger partial charge in [0.1, 0.15) is 11.2 Å². The Kier molecular flexibility index (Phi) is 12.7. The molecule has 1 amide bonds. The number of benzene rings is 2. The second-order valence-corrected chi connectivity index (χ2v) is 11.2. The minimum atomic E-state index is -0.453. The molecule has 3 aromatic rings. The number of hydrogen-bond acceptors (Lipinski definition) is 7. The second kappa shape index (κ2) is 16.5. The number of carbonyl (C=O) groups excluding carboxylic acids is 2. The average Bonchev–Trinajstić information content (AvgIpc) is 2.93. The van der Waals surface area contributed by atoms with Gasteiger partial charge in [0, 0.05) is 36.0 Å². The highest BCUT2D eigenvalue weighted by molar-refractivity contribution is 6.06. The van der Waals surface area contributed by atoms with E-state index in [0.29, 0.717) is 24.4 Å². The van der Waals surface area contributed by atoms with Crippen molar-refractivity contribution < 1.29 is 19.1 Å². The molecule has 0 radical (unpaired) electrons. The molecule has 0 aliphatic rings. The number of nitrogens with zero attached hydrogens (tertiary/aromatic N) is 1. The summed E-state index contributed by atoms with van der Waals surface area (Å²) in [6, 6.07) is 15.9. The van der Waals surface area contributed by atoms with Crippen LogP contribution in [-0.2, 0) is 9.47 Å². The van der Waals surface area contributed by atoms with Crippen LogP contribution >= 0.6 is 0 Å². The summed E-state index contributed by atoms with van der Waals surface area (Å²) in [5, 5.41) is 10.6. The van der Waals surface area contributed by atoms with Crippen LogP contribution in [0.4, 0.5) is 21.9 Å². The van der Waals surface area contributed by atoms with E-state index in [1.165, 1.54) is 32.1 Å². The van der Waals surface area contributed by atoms with E-state index in [0.717, 1.165) is 48.1 Å². The van der Waals surface area contributed by atoms with Gasteiger partial charge >= 0.3 is 12.1 Å². The van der Waals surface area contributed by atoms with Crippen LogP contribution in [-0.4, -0.2) is 42.3 Å². The van der Waals surface area contributed by atoms with E-state index in [1.807, 2.05) is 69.3 Å². The number of anilines is 3. The zero-order valence-corrected chi connectivity index (χ0v) is 25.1. The number of carbonyl (C=O) groups is 2. The molecule has 8 nitrogen and oxygen atoms in total. The van der Waals surface area contributed by atoms with Crippen LogP contribution in [0, 0.1) is 0 Å². The number of esters is 1. The highest BCUT2D eigenvalue weighted by Crippen LogP contribution is 2.31. The van der Waals surface area contributed by atoms with Crippen molar-refractivity contribution in [2.75, 3.05) is 30.3 Å². The lowest BCUT2D eigenvalue weighted by Gasteiger charge is -2.19. The first-order valence-electron chi connectivity index (χ1n) is 14.9. The van der Waals surface area contributed by atoms with Crippen LogP contribution in [0.5, 0.6) is 0 Å². The second-order valence-electron chi connectivity index (χ2n) is 11.2. The molecule has 222 valence electrons. The Morgan fingerprint density at radius 3 is 2.15 bits per heavy atom. The number of pyridine rings is 1. The molecule has 0 saturated carbocycles. The maximum absolute atomic E-state index is 12.7. The lowest BCUT2D eigenvalue weighted by Crippen LogP contribution is -2.32. The van der Waals surface area contributed by atoms with Gasteiger partial charge in [0.2, 0.25) is 0 Å². The number of para-hydroxylation sites is 1. The van der Waals surface area contributed by atoms with Crippen molar-refractivity contribution in [3.8, 4) is 0 Å². The van der Waals surface area contributed by atoms with Gasteiger partial charge in [-0.05, 0) is 70.9 Å². The number of amides is 1. The molecule has 3 N–H and O–H groups in total. The molecule has 0 spiro atoms. The van der Waals surface area contributed by atoms with Crippen LogP contribution in [0.25, 0.3) is 10.9 Å². The quantitative estimate of drug-likeness (QED) is 0.119. The van der Waals surface area contributed by atoms with Crippen LogP contribution in [0.15, 0.2) is 54.7 Å². The van der Waals surface area contributed by atoms with Crippen molar-refractivity contribution in [2.24, 2.45) is 0 Å². The third-order valence-electron chi connectivity index (χ3n) is 6.51. The molecule has 1 heterocycles. The van der Waals surface area contributed by atoms with Gasteiger partial charge in [0.05, 0.1) is 17.8 Å². The zero-order chi connectivity index (χ0) is 29.5. The van der Waals surface area contributed by atoms with Gasteiger partial charge in [-0.3, -0.25) is 4.98 Å². The van der Waals surface area contributed by atoms with Crippen molar-refractivity contribution in [3.05, 3.63) is 60.3 Å². The number of aromatic nitrogens is 1. The van der Waals surface area contributed by atoms with Crippen LogP contribution < -0.4 is 16.0 Å². The SMILES string of the molecule is CCOC(=O)c1cnc2ccc(NCCCCCCCCCCNC(=O)OC(C)(C)C)cc2c1Nc1ccccc1. The number of alkyl carbamates (subject to hydrolysis) is 1.